The fraction of sp³-hybridized carbons (Fsp3) is 0.258. The molecule has 0 fully saturated rings. The van der Waals surface area contributed by atoms with Crippen molar-refractivity contribution in [3.63, 3.8) is 0 Å². The maximum Gasteiger partial charge on any atom is 0.347 e. The first-order valence-corrected chi connectivity index (χ1v) is 13.6. The Labute approximate surface area is 243 Å². The summed E-state index contributed by atoms with van der Waals surface area (Å²) >= 11 is 12.5. The minimum atomic E-state index is -1.04. The smallest absolute Gasteiger partial charge is 0.347 e. The Balaban J connectivity index is 1.75. The van der Waals surface area contributed by atoms with Crippen LogP contribution in [0.1, 0.15) is 36.6 Å². The number of hydrogen-bond donors (Lipinski definition) is 0. The number of benzene rings is 3. The molecule has 1 unspecified atom stereocenters. The molecule has 4 rings (SSSR count). The number of esters is 2. The van der Waals surface area contributed by atoms with Crippen molar-refractivity contribution < 1.29 is 23.8 Å². The Hall–Kier alpha value is -3.81. The lowest BCUT2D eigenvalue weighted by Crippen LogP contribution is -2.29. The predicted molar refractivity (Wildman–Crippen MR) is 155 cm³/mol. The highest BCUT2D eigenvalue weighted by Crippen LogP contribution is 2.32. The second-order valence-electron chi connectivity index (χ2n) is 9.26. The van der Waals surface area contributed by atoms with Gasteiger partial charge in [-0.2, -0.15) is 5.10 Å². The van der Waals surface area contributed by atoms with E-state index in [0.29, 0.717) is 21.5 Å². The fourth-order valence-corrected chi connectivity index (χ4v) is 4.61. The molecule has 40 heavy (non-hydrogen) atoms. The van der Waals surface area contributed by atoms with Crippen LogP contribution in [0, 0.1) is 6.92 Å². The third-order valence-corrected chi connectivity index (χ3v) is 7.09. The van der Waals surface area contributed by atoms with Crippen molar-refractivity contribution in [1.82, 2.24) is 9.78 Å². The zero-order valence-electron chi connectivity index (χ0n) is 22.7. The van der Waals surface area contributed by atoms with Crippen molar-refractivity contribution in [3.8, 4) is 22.7 Å². The number of aromatic nitrogens is 2. The molecule has 7 nitrogen and oxygen atoms in total. The van der Waals surface area contributed by atoms with Gasteiger partial charge in [-0.05, 0) is 68.8 Å². The zero-order chi connectivity index (χ0) is 28.8. The molecule has 0 saturated heterocycles. The first kappa shape index (κ1) is 29.2. The summed E-state index contributed by atoms with van der Waals surface area (Å²) in [6, 6.07) is 22.4. The quantitative estimate of drug-likeness (QED) is 0.188. The van der Waals surface area contributed by atoms with Crippen molar-refractivity contribution in [1.29, 1.82) is 0 Å². The third kappa shape index (κ3) is 6.84. The summed E-state index contributed by atoms with van der Waals surface area (Å²) in [4.78, 5) is 25.6. The van der Waals surface area contributed by atoms with Crippen LogP contribution in [0.3, 0.4) is 0 Å². The van der Waals surface area contributed by atoms with Crippen molar-refractivity contribution in [2.24, 2.45) is 0 Å². The van der Waals surface area contributed by atoms with Gasteiger partial charge in [0.05, 0.1) is 46.8 Å². The van der Waals surface area contributed by atoms with Crippen molar-refractivity contribution in [2.45, 2.75) is 39.2 Å². The molecule has 0 bridgehead atoms. The fourth-order valence-electron chi connectivity index (χ4n) is 4.31. The van der Waals surface area contributed by atoms with Gasteiger partial charge in [-0.1, -0.05) is 59.1 Å². The van der Waals surface area contributed by atoms with Gasteiger partial charge in [-0.15, -0.1) is 0 Å². The van der Waals surface area contributed by atoms with Crippen LogP contribution in [0.15, 0.2) is 72.8 Å². The second kappa shape index (κ2) is 13.0. The average Bonchev–Trinajstić information content (AvgIpc) is 3.37. The van der Waals surface area contributed by atoms with Gasteiger partial charge in [0, 0.05) is 12.0 Å². The molecule has 9 heteroatoms. The van der Waals surface area contributed by atoms with Crippen LogP contribution >= 0.6 is 23.2 Å². The summed E-state index contributed by atoms with van der Waals surface area (Å²) in [6.45, 7) is 5.35. The first-order chi connectivity index (χ1) is 19.2. The van der Waals surface area contributed by atoms with Gasteiger partial charge in [-0.3, -0.25) is 4.79 Å². The van der Waals surface area contributed by atoms with E-state index in [-0.39, 0.29) is 13.0 Å². The molecule has 0 aliphatic rings. The summed E-state index contributed by atoms with van der Waals surface area (Å²) in [5.74, 6) is -1.13. The van der Waals surface area contributed by atoms with E-state index in [2.05, 4.69) is 0 Å². The highest BCUT2D eigenvalue weighted by atomic mass is 35.5. The predicted octanol–water partition coefficient (Wildman–Crippen LogP) is 6.98. The van der Waals surface area contributed by atoms with Gasteiger partial charge in [0.1, 0.15) is 5.75 Å². The molecule has 208 valence electrons. The molecular weight excluding hydrogens is 551 g/mol. The number of hydrogen-bond acceptors (Lipinski definition) is 6. The molecule has 1 aromatic heterocycles. The first-order valence-electron chi connectivity index (χ1n) is 12.8. The number of carbonyl (C=O) groups is 2. The summed E-state index contributed by atoms with van der Waals surface area (Å²) in [6.07, 6.45) is -0.807. The molecule has 0 aliphatic carbocycles. The van der Waals surface area contributed by atoms with E-state index in [0.717, 1.165) is 28.1 Å². The molecule has 0 radical (unpaired) electrons. The molecule has 0 spiro atoms. The van der Waals surface area contributed by atoms with E-state index in [9.17, 15) is 9.59 Å². The Kier molecular flexibility index (Phi) is 9.50. The van der Waals surface area contributed by atoms with Crippen LogP contribution in [0.5, 0.6) is 5.75 Å². The summed E-state index contributed by atoms with van der Waals surface area (Å²) in [7, 11) is 1.61. The maximum atomic E-state index is 13.5. The molecule has 4 aromatic rings. The lowest BCUT2D eigenvalue weighted by Gasteiger charge is -2.19. The van der Waals surface area contributed by atoms with E-state index in [1.807, 2.05) is 67.6 Å². The number of nitrogens with zero attached hydrogens (tertiary/aromatic N) is 2. The third-order valence-electron chi connectivity index (χ3n) is 6.35. The number of aryl methyl sites for hydroxylation is 1. The Morgan fingerprint density at radius 3 is 2.35 bits per heavy atom. The van der Waals surface area contributed by atoms with Crippen LogP contribution in [0.2, 0.25) is 10.0 Å². The second-order valence-corrected chi connectivity index (χ2v) is 10.1. The minimum absolute atomic E-state index is 0.197. The largest absolute Gasteiger partial charge is 0.497 e. The Morgan fingerprint density at radius 2 is 1.70 bits per heavy atom. The van der Waals surface area contributed by atoms with Gasteiger partial charge < -0.3 is 14.2 Å². The lowest BCUT2D eigenvalue weighted by atomic mass is 9.93. The van der Waals surface area contributed by atoms with Crippen molar-refractivity contribution in [2.75, 3.05) is 13.7 Å². The maximum absolute atomic E-state index is 13.5. The number of halogens is 2. The zero-order valence-corrected chi connectivity index (χ0v) is 24.2. The van der Waals surface area contributed by atoms with E-state index in [1.54, 1.807) is 30.8 Å². The van der Waals surface area contributed by atoms with E-state index in [4.69, 9.17) is 42.5 Å². The molecule has 1 heterocycles. The molecular formula is C31H30Cl2N2O5. The van der Waals surface area contributed by atoms with Gasteiger partial charge in [-0.25, -0.2) is 9.48 Å². The molecule has 0 aliphatic heterocycles. The number of carbonyl (C=O) groups excluding carboxylic acids is 2. The van der Waals surface area contributed by atoms with Crippen LogP contribution in [0.25, 0.3) is 16.9 Å². The minimum Gasteiger partial charge on any atom is -0.497 e. The van der Waals surface area contributed by atoms with E-state index >= 15 is 0 Å². The number of methoxy groups -OCH3 is 1. The summed E-state index contributed by atoms with van der Waals surface area (Å²) in [5.41, 5.74) is 4.75. The SMILES string of the molecule is CCOC(=O)C(C)OC(=O)[C@@H](Cc1cc(-c2ccc(Cl)c(Cl)c2)n(-c2ccc(OC)cc2)n1)c1cccc(C)c1. The molecule has 2 atom stereocenters. The molecule has 0 amide bonds. The summed E-state index contributed by atoms with van der Waals surface area (Å²) < 4.78 is 17.7. The van der Waals surface area contributed by atoms with Crippen LogP contribution < -0.4 is 4.74 Å². The summed E-state index contributed by atoms with van der Waals surface area (Å²) in [5, 5.41) is 5.74. The van der Waals surface area contributed by atoms with Crippen molar-refractivity contribution in [3.05, 3.63) is 99.7 Å². The highest BCUT2D eigenvalue weighted by molar-refractivity contribution is 6.42. The average molecular weight is 581 g/mol. The van der Waals surface area contributed by atoms with Gasteiger partial charge in [0.25, 0.3) is 0 Å². The van der Waals surface area contributed by atoms with Crippen LogP contribution in [-0.4, -0.2) is 41.5 Å². The van der Waals surface area contributed by atoms with Crippen LogP contribution in [-0.2, 0) is 25.5 Å². The van der Waals surface area contributed by atoms with Gasteiger partial charge in [0.15, 0.2) is 6.10 Å². The van der Waals surface area contributed by atoms with E-state index in [1.165, 1.54) is 6.92 Å². The number of rotatable bonds is 10. The molecule has 0 N–H and O–H groups in total. The van der Waals surface area contributed by atoms with Gasteiger partial charge >= 0.3 is 11.9 Å². The van der Waals surface area contributed by atoms with Crippen molar-refractivity contribution >= 4 is 35.1 Å². The normalized spacial score (nSPS) is 12.4. The Bertz CT molecular complexity index is 1500. The monoisotopic (exact) mass is 580 g/mol. The van der Waals surface area contributed by atoms with Crippen LogP contribution in [0.4, 0.5) is 0 Å². The standard InChI is InChI=1S/C31H30Cl2N2O5/c1-5-39-30(36)20(3)40-31(37)26(21-8-6-7-19(2)15-21)17-23-18-29(22-9-14-27(32)28(33)16-22)35(34-23)24-10-12-25(38-4)13-11-24/h6-16,18,20,26H,5,17H2,1-4H3/t20?,26-/m0/s1. The molecule has 3 aromatic carbocycles. The van der Waals surface area contributed by atoms with Gasteiger partial charge in [0.2, 0.25) is 0 Å². The van der Waals surface area contributed by atoms with E-state index < -0.39 is 24.0 Å². The Morgan fingerprint density at radius 1 is 0.950 bits per heavy atom. The lowest BCUT2D eigenvalue weighted by molar-refractivity contribution is -0.167. The number of ether oxygens (including phenoxy) is 3. The topological polar surface area (TPSA) is 79.7 Å². The molecule has 0 saturated carbocycles. The highest BCUT2D eigenvalue weighted by Gasteiger charge is 2.29.